The molecule has 1 atom stereocenters. The zero-order valence-electron chi connectivity index (χ0n) is 21.3. The number of thiazole rings is 1. The van der Waals surface area contributed by atoms with Crippen molar-refractivity contribution in [3.8, 4) is 17.1 Å². The van der Waals surface area contributed by atoms with Gasteiger partial charge in [-0.15, -0.1) is 0 Å². The molecule has 2 aromatic heterocycles. The highest BCUT2D eigenvalue weighted by Crippen LogP contribution is 2.32. The minimum atomic E-state index is -1.32. The van der Waals surface area contributed by atoms with Crippen LogP contribution in [-0.4, -0.2) is 30.2 Å². The number of benzene rings is 2. The molecule has 5 rings (SSSR count). The minimum absolute atomic E-state index is 0.000708. The molecule has 0 radical (unpaired) electrons. The number of methoxy groups -OCH3 is 1. The van der Waals surface area contributed by atoms with Crippen LogP contribution in [0.4, 0.5) is 0 Å². The minimum Gasteiger partial charge on any atom is -0.545 e. The first-order chi connectivity index (χ1) is 18.8. The van der Waals surface area contributed by atoms with E-state index in [1.54, 1.807) is 81.6 Å². The summed E-state index contributed by atoms with van der Waals surface area (Å²) in [6, 6.07) is 16.0. The summed E-state index contributed by atoms with van der Waals surface area (Å²) in [6.07, 6.45) is 1.57. The second-order valence-corrected chi connectivity index (χ2v) is 9.62. The fourth-order valence-corrected chi connectivity index (χ4v) is 5.50. The van der Waals surface area contributed by atoms with Gasteiger partial charge in [-0.1, -0.05) is 47.7 Å². The number of ether oxygens (including phenoxy) is 2. The lowest BCUT2D eigenvalue weighted by atomic mass is 9.96. The number of furan rings is 1. The zero-order valence-corrected chi connectivity index (χ0v) is 22.1. The number of carboxylic acids is 1. The van der Waals surface area contributed by atoms with Gasteiger partial charge < -0.3 is 23.8 Å². The third-order valence-corrected chi connectivity index (χ3v) is 7.24. The number of esters is 1. The highest BCUT2D eigenvalue weighted by molar-refractivity contribution is 7.07. The first-order valence-electron chi connectivity index (χ1n) is 12.1. The van der Waals surface area contributed by atoms with Crippen LogP contribution in [0.1, 0.15) is 41.6 Å². The maximum absolute atomic E-state index is 13.7. The number of carbonyl (C=O) groups is 2. The van der Waals surface area contributed by atoms with E-state index in [1.165, 1.54) is 10.6 Å². The number of aromatic nitrogens is 1. The Kier molecular flexibility index (Phi) is 7.03. The molecular formula is C29H23N2O7S-. The molecule has 0 saturated heterocycles. The second kappa shape index (κ2) is 10.6. The fourth-order valence-electron chi connectivity index (χ4n) is 4.47. The summed E-state index contributed by atoms with van der Waals surface area (Å²) in [5.74, 6) is -0.547. The molecule has 3 heterocycles. The van der Waals surface area contributed by atoms with Gasteiger partial charge in [-0.25, -0.2) is 9.79 Å². The van der Waals surface area contributed by atoms with Gasteiger partial charge in [-0.3, -0.25) is 9.36 Å². The molecular weight excluding hydrogens is 520 g/mol. The highest BCUT2D eigenvalue weighted by Gasteiger charge is 2.33. The fraction of sp³-hybridized carbons (Fsp3) is 0.172. The zero-order chi connectivity index (χ0) is 27.7. The first-order valence-corrected chi connectivity index (χ1v) is 12.9. The number of fused-ring (bicyclic) bond motifs is 1. The molecule has 9 nitrogen and oxygen atoms in total. The molecule has 10 heteroatoms. The van der Waals surface area contributed by atoms with Gasteiger partial charge in [0.05, 0.1) is 41.5 Å². The van der Waals surface area contributed by atoms with E-state index in [9.17, 15) is 19.5 Å². The predicted octanol–water partition coefficient (Wildman–Crippen LogP) is 2.43. The lowest BCUT2D eigenvalue weighted by molar-refractivity contribution is -0.255. The maximum Gasteiger partial charge on any atom is 0.338 e. The Morgan fingerprint density at radius 1 is 1.13 bits per heavy atom. The van der Waals surface area contributed by atoms with Crippen LogP contribution in [0.5, 0.6) is 5.75 Å². The first kappa shape index (κ1) is 25.9. The monoisotopic (exact) mass is 543 g/mol. The van der Waals surface area contributed by atoms with Crippen LogP contribution < -0.4 is 24.7 Å². The molecule has 0 fully saturated rings. The van der Waals surface area contributed by atoms with Crippen molar-refractivity contribution in [3.05, 3.63) is 109 Å². The molecule has 0 aliphatic carbocycles. The van der Waals surface area contributed by atoms with Gasteiger partial charge in [0.2, 0.25) is 0 Å². The van der Waals surface area contributed by atoms with Gasteiger partial charge in [0.25, 0.3) is 5.56 Å². The SMILES string of the molecule is CCOC(=O)C1=C(C)N=c2s/c(=C\c3ccc(-c4ccccc4C(=O)[O-])o3)c(=O)n2[C@H]1c1ccc(OC)cc1. The third-order valence-electron chi connectivity index (χ3n) is 6.26. The molecule has 198 valence electrons. The molecule has 1 aliphatic heterocycles. The molecule has 1 aliphatic rings. The van der Waals surface area contributed by atoms with Crippen LogP contribution >= 0.6 is 11.3 Å². The quantitative estimate of drug-likeness (QED) is 0.328. The number of carboxylic acid groups (broad SMARTS) is 1. The average Bonchev–Trinajstić information content (AvgIpc) is 3.52. The van der Waals surface area contributed by atoms with Crippen LogP contribution in [0, 0.1) is 0 Å². The molecule has 2 aromatic carbocycles. The summed E-state index contributed by atoms with van der Waals surface area (Å²) in [4.78, 5) is 43.2. The van der Waals surface area contributed by atoms with Crippen molar-refractivity contribution in [1.82, 2.24) is 4.57 Å². The van der Waals surface area contributed by atoms with E-state index in [1.807, 2.05) is 0 Å². The van der Waals surface area contributed by atoms with E-state index in [4.69, 9.17) is 13.9 Å². The lowest BCUT2D eigenvalue weighted by Crippen LogP contribution is -2.39. The standard InChI is InChI=1S/C29H24N2O7S/c1-4-37-28(35)24-16(2)30-29-31(25(24)17-9-11-18(36-3)12-10-17)26(32)23(39-29)15-19-13-14-22(38-19)20-7-5-6-8-21(20)27(33)34/h5-15,25H,4H2,1-3H3,(H,33,34)/p-1/b23-15-/t25-/m0/s1. The van der Waals surface area contributed by atoms with E-state index >= 15 is 0 Å². The molecule has 0 bridgehead atoms. The molecule has 39 heavy (non-hydrogen) atoms. The Balaban J connectivity index is 1.63. The van der Waals surface area contributed by atoms with Crippen molar-refractivity contribution in [2.75, 3.05) is 13.7 Å². The van der Waals surface area contributed by atoms with Gasteiger partial charge in [0.1, 0.15) is 17.3 Å². The molecule has 0 spiro atoms. The van der Waals surface area contributed by atoms with Gasteiger partial charge in [-0.2, -0.15) is 0 Å². The molecule has 4 aromatic rings. The van der Waals surface area contributed by atoms with Gasteiger partial charge >= 0.3 is 5.97 Å². The van der Waals surface area contributed by atoms with Gasteiger partial charge in [-0.05, 0) is 43.7 Å². The maximum atomic E-state index is 13.7. The smallest absolute Gasteiger partial charge is 0.338 e. The summed E-state index contributed by atoms with van der Waals surface area (Å²) in [6.45, 7) is 3.61. The van der Waals surface area contributed by atoms with Crippen molar-refractivity contribution in [3.63, 3.8) is 0 Å². The summed E-state index contributed by atoms with van der Waals surface area (Å²) >= 11 is 1.16. The number of nitrogens with zero attached hydrogens (tertiary/aromatic N) is 2. The highest BCUT2D eigenvalue weighted by atomic mass is 32.1. The Bertz CT molecular complexity index is 1790. The van der Waals surface area contributed by atoms with Gasteiger partial charge in [0.15, 0.2) is 4.80 Å². The van der Waals surface area contributed by atoms with Gasteiger partial charge in [0, 0.05) is 17.2 Å². The van der Waals surface area contributed by atoms with E-state index in [0.717, 1.165) is 11.3 Å². The van der Waals surface area contributed by atoms with Crippen LogP contribution in [0.3, 0.4) is 0 Å². The molecule has 0 unspecified atom stereocenters. The van der Waals surface area contributed by atoms with E-state index in [-0.39, 0.29) is 23.3 Å². The Morgan fingerprint density at radius 2 is 1.87 bits per heavy atom. The summed E-state index contributed by atoms with van der Waals surface area (Å²) in [5, 5.41) is 11.5. The Labute approximate surface area is 226 Å². The average molecular weight is 544 g/mol. The normalized spacial score (nSPS) is 15.1. The third kappa shape index (κ3) is 4.82. The lowest BCUT2D eigenvalue weighted by Gasteiger charge is -2.24. The number of rotatable bonds is 7. The molecule has 0 N–H and O–H groups in total. The number of carbonyl (C=O) groups excluding carboxylic acids is 2. The summed E-state index contributed by atoms with van der Waals surface area (Å²) in [7, 11) is 1.56. The predicted molar refractivity (Wildman–Crippen MR) is 142 cm³/mol. The number of aromatic carboxylic acids is 1. The van der Waals surface area contributed by atoms with Crippen LogP contribution in [-0.2, 0) is 9.53 Å². The Morgan fingerprint density at radius 3 is 2.56 bits per heavy atom. The number of hydrogen-bond donors (Lipinski definition) is 0. The second-order valence-electron chi connectivity index (χ2n) is 8.61. The van der Waals surface area contributed by atoms with Crippen molar-refractivity contribution in [2.24, 2.45) is 4.99 Å². The van der Waals surface area contributed by atoms with Crippen LogP contribution in [0.15, 0.2) is 86.1 Å². The van der Waals surface area contributed by atoms with Crippen molar-refractivity contribution < 1.29 is 28.6 Å². The van der Waals surface area contributed by atoms with Crippen LogP contribution in [0.25, 0.3) is 17.4 Å². The van der Waals surface area contributed by atoms with Crippen molar-refractivity contribution in [2.45, 2.75) is 19.9 Å². The van der Waals surface area contributed by atoms with Crippen LogP contribution in [0.2, 0.25) is 0 Å². The largest absolute Gasteiger partial charge is 0.545 e. The topological polar surface area (TPSA) is 123 Å². The molecule has 0 amide bonds. The number of hydrogen-bond acceptors (Lipinski definition) is 9. The van der Waals surface area contributed by atoms with E-state index in [0.29, 0.717) is 43.4 Å². The number of allylic oxidation sites excluding steroid dienone is 1. The Hall–Kier alpha value is -4.70. The van der Waals surface area contributed by atoms with E-state index < -0.39 is 18.0 Å². The van der Waals surface area contributed by atoms with Crippen molar-refractivity contribution in [1.29, 1.82) is 0 Å². The van der Waals surface area contributed by atoms with E-state index in [2.05, 4.69) is 4.99 Å². The summed E-state index contributed by atoms with van der Waals surface area (Å²) < 4.78 is 18.3. The molecule has 0 saturated carbocycles. The summed E-state index contributed by atoms with van der Waals surface area (Å²) in [5.41, 5.74) is 1.44. The van der Waals surface area contributed by atoms with Crippen molar-refractivity contribution >= 4 is 29.4 Å².